The lowest BCUT2D eigenvalue weighted by atomic mass is 9.78. The Morgan fingerprint density at radius 3 is 2.11 bits per heavy atom. The number of aryl methyl sites for hydroxylation is 1. The zero-order chi connectivity index (χ0) is 20.1. The van der Waals surface area contributed by atoms with E-state index in [0.29, 0.717) is 17.0 Å². The van der Waals surface area contributed by atoms with Gasteiger partial charge in [-0.15, -0.1) is 0 Å². The average molecular weight is 376 g/mol. The number of ketones is 1. The van der Waals surface area contributed by atoms with E-state index in [0.717, 1.165) is 25.7 Å². The number of esters is 1. The number of carbonyl (C=O) groups excluding carboxylic acids is 2. The fraction of sp³-hybridized carbons (Fsp3) is 0.360. The largest absolute Gasteiger partial charge is 0.419 e. The Balaban J connectivity index is 0.00000109. The summed E-state index contributed by atoms with van der Waals surface area (Å²) in [6.07, 6.45) is 6.08. The SMILES string of the molecule is CC.Cc1ccc(C2CCC(/C=C3\OC(=O)c4ccccc4C3=O)CC2)cc1. The highest BCUT2D eigenvalue weighted by atomic mass is 16.5. The van der Waals surface area contributed by atoms with Crippen LogP contribution in [0.5, 0.6) is 0 Å². The molecule has 146 valence electrons. The van der Waals surface area contributed by atoms with Gasteiger partial charge < -0.3 is 4.74 Å². The molecule has 3 heteroatoms. The van der Waals surface area contributed by atoms with Crippen LogP contribution in [0.25, 0.3) is 0 Å². The molecular weight excluding hydrogens is 348 g/mol. The van der Waals surface area contributed by atoms with E-state index in [9.17, 15) is 9.59 Å². The lowest BCUT2D eigenvalue weighted by Gasteiger charge is -2.28. The van der Waals surface area contributed by atoms with Crippen LogP contribution in [0.3, 0.4) is 0 Å². The van der Waals surface area contributed by atoms with E-state index in [-0.39, 0.29) is 17.5 Å². The van der Waals surface area contributed by atoms with E-state index in [4.69, 9.17) is 4.74 Å². The van der Waals surface area contributed by atoms with Gasteiger partial charge in [-0.2, -0.15) is 0 Å². The van der Waals surface area contributed by atoms with Crippen molar-refractivity contribution in [3.63, 3.8) is 0 Å². The van der Waals surface area contributed by atoms with Gasteiger partial charge in [0.25, 0.3) is 0 Å². The first-order chi connectivity index (χ1) is 13.6. The first-order valence-corrected chi connectivity index (χ1v) is 10.3. The van der Waals surface area contributed by atoms with Gasteiger partial charge in [-0.25, -0.2) is 4.79 Å². The predicted octanol–water partition coefficient (Wildman–Crippen LogP) is 6.23. The number of fused-ring (bicyclic) bond motifs is 1. The summed E-state index contributed by atoms with van der Waals surface area (Å²) in [5.74, 6) is 0.456. The summed E-state index contributed by atoms with van der Waals surface area (Å²) in [6, 6.07) is 15.6. The highest BCUT2D eigenvalue weighted by molar-refractivity contribution is 6.17. The molecule has 1 aliphatic heterocycles. The van der Waals surface area contributed by atoms with Crippen LogP contribution in [-0.4, -0.2) is 11.8 Å². The number of hydrogen-bond acceptors (Lipinski definition) is 3. The van der Waals surface area contributed by atoms with Crippen LogP contribution in [0.4, 0.5) is 0 Å². The van der Waals surface area contributed by atoms with E-state index >= 15 is 0 Å². The normalized spacial score (nSPS) is 22.8. The van der Waals surface area contributed by atoms with Crippen LogP contribution in [0, 0.1) is 12.8 Å². The first kappa shape index (κ1) is 20.1. The number of benzene rings is 2. The molecular formula is C25H28O3. The molecule has 0 N–H and O–H groups in total. The molecule has 3 nitrogen and oxygen atoms in total. The van der Waals surface area contributed by atoms with Gasteiger partial charge in [0, 0.05) is 5.56 Å². The Bertz CT molecular complexity index is 869. The van der Waals surface area contributed by atoms with E-state index in [1.54, 1.807) is 24.3 Å². The molecule has 0 radical (unpaired) electrons. The van der Waals surface area contributed by atoms with Gasteiger partial charge >= 0.3 is 5.97 Å². The second-order valence-electron chi connectivity index (χ2n) is 7.32. The van der Waals surface area contributed by atoms with Crippen molar-refractivity contribution >= 4 is 11.8 Å². The minimum atomic E-state index is -0.431. The van der Waals surface area contributed by atoms with E-state index < -0.39 is 5.97 Å². The van der Waals surface area contributed by atoms with Crippen molar-refractivity contribution in [2.24, 2.45) is 5.92 Å². The summed E-state index contributed by atoms with van der Waals surface area (Å²) >= 11 is 0. The van der Waals surface area contributed by atoms with Crippen LogP contribution in [-0.2, 0) is 4.74 Å². The maximum absolute atomic E-state index is 12.6. The van der Waals surface area contributed by atoms with Gasteiger partial charge in [0.15, 0.2) is 5.76 Å². The second-order valence-corrected chi connectivity index (χ2v) is 7.32. The molecule has 28 heavy (non-hydrogen) atoms. The van der Waals surface area contributed by atoms with Gasteiger partial charge in [-0.3, -0.25) is 4.79 Å². The number of allylic oxidation sites excluding steroid dienone is 2. The van der Waals surface area contributed by atoms with Crippen molar-refractivity contribution in [1.29, 1.82) is 0 Å². The van der Waals surface area contributed by atoms with Crippen LogP contribution < -0.4 is 0 Å². The fourth-order valence-corrected chi connectivity index (χ4v) is 3.97. The molecule has 1 fully saturated rings. The smallest absolute Gasteiger partial charge is 0.344 e. The molecule has 0 saturated heterocycles. The molecule has 1 saturated carbocycles. The molecule has 2 aliphatic rings. The molecule has 0 atom stereocenters. The number of Topliss-reactive ketones (excluding diaryl/α,β-unsaturated/α-hetero) is 1. The first-order valence-electron chi connectivity index (χ1n) is 10.3. The third kappa shape index (κ3) is 4.24. The van der Waals surface area contributed by atoms with Crippen LogP contribution in [0.15, 0.2) is 60.4 Å². The van der Waals surface area contributed by atoms with Crippen molar-refractivity contribution in [2.45, 2.75) is 52.4 Å². The third-order valence-electron chi connectivity index (χ3n) is 5.53. The minimum absolute atomic E-state index is 0.180. The summed E-state index contributed by atoms with van der Waals surface area (Å²) in [7, 11) is 0. The Hall–Kier alpha value is -2.68. The van der Waals surface area contributed by atoms with Gasteiger partial charge in [0.05, 0.1) is 5.56 Å². The van der Waals surface area contributed by atoms with Gasteiger partial charge in [0.2, 0.25) is 5.78 Å². The van der Waals surface area contributed by atoms with Gasteiger partial charge in [0.1, 0.15) is 0 Å². The van der Waals surface area contributed by atoms with E-state index in [1.165, 1.54) is 11.1 Å². The topological polar surface area (TPSA) is 43.4 Å². The Labute approximate surface area is 167 Å². The number of carbonyl (C=O) groups is 2. The summed E-state index contributed by atoms with van der Waals surface area (Å²) in [4.78, 5) is 24.7. The quantitative estimate of drug-likeness (QED) is 0.461. The molecule has 0 unspecified atom stereocenters. The van der Waals surface area contributed by atoms with Crippen molar-refractivity contribution in [1.82, 2.24) is 0 Å². The van der Waals surface area contributed by atoms with Crippen molar-refractivity contribution < 1.29 is 14.3 Å². The molecule has 1 heterocycles. The molecule has 0 amide bonds. The Morgan fingerprint density at radius 2 is 1.46 bits per heavy atom. The molecule has 1 aliphatic carbocycles. The highest BCUT2D eigenvalue weighted by Crippen LogP contribution is 2.37. The third-order valence-corrected chi connectivity index (χ3v) is 5.53. The van der Waals surface area contributed by atoms with E-state index in [2.05, 4.69) is 31.2 Å². The Kier molecular flexibility index (Phi) is 6.45. The van der Waals surface area contributed by atoms with Crippen molar-refractivity contribution in [3.8, 4) is 0 Å². The lowest BCUT2D eigenvalue weighted by molar-refractivity contribution is 0.0559. The number of hydrogen-bond donors (Lipinski definition) is 0. The standard InChI is InChI=1S/C23H22O3.C2H6/c1-15-6-10-17(11-7-15)18-12-8-16(9-13-18)14-21-22(24)19-4-2-3-5-20(19)23(25)26-21;1-2/h2-7,10-11,14,16,18H,8-9,12-13H2,1H3;1-2H3/b21-14-;. The molecule has 2 aromatic rings. The molecule has 0 spiro atoms. The highest BCUT2D eigenvalue weighted by Gasteiger charge is 2.31. The zero-order valence-corrected chi connectivity index (χ0v) is 16.9. The van der Waals surface area contributed by atoms with Crippen LogP contribution in [0.2, 0.25) is 0 Å². The maximum atomic E-state index is 12.6. The number of cyclic esters (lactones) is 1. The number of rotatable bonds is 2. The zero-order valence-electron chi connectivity index (χ0n) is 16.9. The minimum Gasteiger partial charge on any atom is -0.419 e. The molecule has 4 rings (SSSR count). The molecule has 2 aromatic carbocycles. The average Bonchev–Trinajstić information content (AvgIpc) is 2.74. The summed E-state index contributed by atoms with van der Waals surface area (Å²) in [5.41, 5.74) is 3.49. The maximum Gasteiger partial charge on any atom is 0.344 e. The number of ether oxygens (including phenoxy) is 1. The van der Waals surface area contributed by atoms with Crippen molar-refractivity contribution in [3.05, 3.63) is 82.6 Å². The summed E-state index contributed by atoms with van der Waals surface area (Å²) in [5, 5.41) is 0. The second kappa shape index (κ2) is 9.01. The van der Waals surface area contributed by atoms with Crippen LogP contribution >= 0.6 is 0 Å². The lowest BCUT2D eigenvalue weighted by Crippen LogP contribution is -2.23. The van der Waals surface area contributed by atoms with Gasteiger partial charge in [-0.1, -0.05) is 61.9 Å². The monoisotopic (exact) mass is 376 g/mol. The predicted molar refractivity (Wildman–Crippen MR) is 111 cm³/mol. The van der Waals surface area contributed by atoms with Crippen molar-refractivity contribution in [2.75, 3.05) is 0 Å². The van der Waals surface area contributed by atoms with Crippen LogP contribution in [0.1, 0.15) is 77.3 Å². The summed E-state index contributed by atoms with van der Waals surface area (Å²) < 4.78 is 5.33. The fourth-order valence-electron chi connectivity index (χ4n) is 3.97. The molecule has 0 aromatic heterocycles. The molecule has 0 bridgehead atoms. The van der Waals surface area contributed by atoms with Gasteiger partial charge in [-0.05, 0) is 62.1 Å². The van der Waals surface area contributed by atoms with E-state index in [1.807, 2.05) is 19.9 Å². The summed E-state index contributed by atoms with van der Waals surface area (Å²) in [6.45, 7) is 6.10. The Morgan fingerprint density at radius 1 is 0.857 bits per heavy atom.